The summed E-state index contributed by atoms with van der Waals surface area (Å²) in [5.41, 5.74) is -0.125. The summed E-state index contributed by atoms with van der Waals surface area (Å²) in [5, 5.41) is 9.85. The molecule has 0 radical (unpaired) electrons. The molecule has 0 aliphatic heterocycles. The fourth-order valence-corrected chi connectivity index (χ4v) is 2.55. The van der Waals surface area contributed by atoms with E-state index in [1.165, 1.54) is 7.11 Å². The number of carboxylic acid groups (broad SMARTS) is 1. The van der Waals surface area contributed by atoms with Gasteiger partial charge in [0.2, 0.25) is 5.60 Å². The molecule has 0 aliphatic carbocycles. The number of esters is 1. The minimum absolute atomic E-state index is 0.0769. The van der Waals surface area contributed by atoms with Gasteiger partial charge in [-0.05, 0) is 11.1 Å². The van der Waals surface area contributed by atoms with Crippen LogP contribution in [0, 0.1) is 0 Å². The standard InChI is InChI=1S/C19H20O5/c1-23-14-17(20)24-19(18(21)22,12-15-8-4-2-5-9-15)13-16-10-6-3-7-11-16/h2-11H,12-14H2,1H3,(H,21,22). The fourth-order valence-electron chi connectivity index (χ4n) is 2.55. The molecule has 0 aliphatic rings. The molecule has 0 bridgehead atoms. The second-order valence-corrected chi connectivity index (χ2v) is 5.53. The summed E-state index contributed by atoms with van der Waals surface area (Å²) in [6, 6.07) is 18.2. The maximum Gasteiger partial charge on any atom is 0.348 e. The molecule has 0 aromatic heterocycles. The number of carboxylic acids is 1. The molecule has 0 saturated heterocycles. The number of ether oxygens (including phenoxy) is 2. The van der Waals surface area contributed by atoms with Gasteiger partial charge in [0.05, 0.1) is 0 Å². The molecular weight excluding hydrogens is 308 g/mol. The lowest BCUT2D eigenvalue weighted by Crippen LogP contribution is -2.48. The lowest BCUT2D eigenvalue weighted by atomic mass is 9.87. The molecule has 0 amide bonds. The summed E-state index contributed by atoms with van der Waals surface area (Å²) in [4.78, 5) is 24.0. The summed E-state index contributed by atoms with van der Waals surface area (Å²) in [6.07, 6.45) is 0.154. The van der Waals surface area contributed by atoms with Crippen molar-refractivity contribution in [3.63, 3.8) is 0 Å². The van der Waals surface area contributed by atoms with E-state index in [1.54, 1.807) is 0 Å². The maximum absolute atomic E-state index is 12.1. The quantitative estimate of drug-likeness (QED) is 0.754. The van der Waals surface area contributed by atoms with E-state index in [4.69, 9.17) is 9.47 Å². The third kappa shape index (κ3) is 4.67. The number of aliphatic carboxylic acids is 1. The third-order valence-electron chi connectivity index (χ3n) is 3.63. The monoisotopic (exact) mass is 328 g/mol. The van der Waals surface area contributed by atoms with Gasteiger partial charge in [0.1, 0.15) is 6.61 Å². The molecule has 5 heteroatoms. The van der Waals surface area contributed by atoms with Crippen molar-refractivity contribution >= 4 is 11.9 Å². The number of benzene rings is 2. The van der Waals surface area contributed by atoms with Crippen LogP contribution in [0.2, 0.25) is 0 Å². The van der Waals surface area contributed by atoms with Gasteiger partial charge in [-0.15, -0.1) is 0 Å². The first kappa shape index (κ1) is 17.7. The Bertz CT molecular complexity index is 625. The molecule has 2 aromatic carbocycles. The van der Waals surface area contributed by atoms with Gasteiger partial charge in [0.15, 0.2) is 0 Å². The highest BCUT2D eigenvalue weighted by Crippen LogP contribution is 2.24. The first-order chi connectivity index (χ1) is 11.6. The summed E-state index contributed by atoms with van der Waals surface area (Å²) >= 11 is 0. The second-order valence-electron chi connectivity index (χ2n) is 5.53. The average Bonchev–Trinajstić information content (AvgIpc) is 2.56. The molecule has 0 atom stereocenters. The number of hydrogen-bond donors (Lipinski definition) is 1. The largest absolute Gasteiger partial charge is 0.478 e. The van der Waals surface area contributed by atoms with Crippen molar-refractivity contribution in [3.8, 4) is 0 Å². The van der Waals surface area contributed by atoms with E-state index in [0.717, 1.165) is 11.1 Å². The van der Waals surface area contributed by atoms with Crippen molar-refractivity contribution in [1.82, 2.24) is 0 Å². The van der Waals surface area contributed by atoms with Crippen LogP contribution in [-0.2, 0) is 31.9 Å². The molecule has 0 spiro atoms. The van der Waals surface area contributed by atoms with Crippen LogP contribution in [0.15, 0.2) is 60.7 Å². The highest BCUT2D eigenvalue weighted by Gasteiger charge is 2.43. The number of carbonyl (C=O) groups is 2. The van der Waals surface area contributed by atoms with Gasteiger partial charge >= 0.3 is 11.9 Å². The smallest absolute Gasteiger partial charge is 0.348 e. The van der Waals surface area contributed by atoms with Crippen molar-refractivity contribution in [1.29, 1.82) is 0 Å². The molecule has 24 heavy (non-hydrogen) atoms. The van der Waals surface area contributed by atoms with Gasteiger partial charge in [0.25, 0.3) is 0 Å². The van der Waals surface area contributed by atoms with E-state index in [1.807, 2.05) is 60.7 Å². The van der Waals surface area contributed by atoms with Gasteiger partial charge in [-0.2, -0.15) is 0 Å². The van der Waals surface area contributed by atoms with Gasteiger partial charge in [-0.1, -0.05) is 60.7 Å². The SMILES string of the molecule is COCC(=O)OC(Cc1ccccc1)(Cc1ccccc1)C(=O)O. The van der Waals surface area contributed by atoms with E-state index in [9.17, 15) is 14.7 Å². The van der Waals surface area contributed by atoms with Crippen LogP contribution in [0.5, 0.6) is 0 Å². The number of hydrogen-bond acceptors (Lipinski definition) is 4. The summed E-state index contributed by atoms with van der Waals surface area (Å²) in [6.45, 7) is -0.293. The van der Waals surface area contributed by atoms with E-state index in [-0.39, 0.29) is 19.4 Å². The predicted molar refractivity (Wildman–Crippen MR) is 88.6 cm³/mol. The van der Waals surface area contributed by atoms with Crippen LogP contribution in [0.1, 0.15) is 11.1 Å². The van der Waals surface area contributed by atoms with Gasteiger partial charge in [-0.25, -0.2) is 9.59 Å². The van der Waals surface area contributed by atoms with Crippen LogP contribution in [0.4, 0.5) is 0 Å². The third-order valence-corrected chi connectivity index (χ3v) is 3.63. The van der Waals surface area contributed by atoms with Crippen LogP contribution in [0.25, 0.3) is 0 Å². The van der Waals surface area contributed by atoms with Crippen LogP contribution >= 0.6 is 0 Å². The van der Waals surface area contributed by atoms with E-state index in [2.05, 4.69) is 0 Å². The topological polar surface area (TPSA) is 72.8 Å². The van der Waals surface area contributed by atoms with Crippen molar-refractivity contribution in [2.45, 2.75) is 18.4 Å². The average molecular weight is 328 g/mol. The van der Waals surface area contributed by atoms with Crippen molar-refractivity contribution in [2.24, 2.45) is 0 Å². The molecule has 2 aromatic rings. The lowest BCUT2D eigenvalue weighted by Gasteiger charge is -2.29. The summed E-state index contributed by atoms with van der Waals surface area (Å²) in [5.74, 6) is -1.88. The van der Waals surface area contributed by atoms with Crippen molar-refractivity contribution in [3.05, 3.63) is 71.8 Å². The first-order valence-electron chi connectivity index (χ1n) is 7.58. The van der Waals surface area contributed by atoms with Crippen LogP contribution in [-0.4, -0.2) is 36.4 Å². The Kier molecular flexibility index (Phi) is 6.09. The highest BCUT2D eigenvalue weighted by atomic mass is 16.6. The van der Waals surface area contributed by atoms with E-state index in [0.29, 0.717) is 0 Å². The number of carbonyl (C=O) groups excluding carboxylic acids is 1. The molecule has 5 nitrogen and oxygen atoms in total. The lowest BCUT2D eigenvalue weighted by molar-refractivity contribution is -0.181. The Hall–Kier alpha value is -2.66. The molecular formula is C19H20O5. The zero-order valence-corrected chi connectivity index (χ0v) is 13.5. The summed E-state index contributed by atoms with van der Waals surface area (Å²) in [7, 11) is 1.36. The Morgan fingerprint density at radius 3 is 1.75 bits per heavy atom. The minimum atomic E-state index is -1.68. The Labute approximate surface area is 140 Å². The van der Waals surface area contributed by atoms with Gasteiger partial charge in [-0.3, -0.25) is 0 Å². The maximum atomic E-state index is 12.1. The summed E-state index contributed by atoms with van der Waals surface area (Å²) < 4.78 is 10.1. The first-order valence-corrected chi connectivity index (χ1v) is 7.58. The molecule has 0 fully saturated rings. The van der Waals surface area contributed by atoms with E-state index >= 15 is 0 Å². The molecule has 2 rings (SSSR count). The number of methoxy groups -OCH3 is 1. The second kappa shape index (κ2) is 8.26. The highest BCUT2D eigenvalue weighted by molar-refractivity contribution is 5.83. The fraction of sp³-hybridized carbons (Fsp3) is 0.263. The van der Waals surface area contributed by atoms with Gasteiger partial charge < -0.3 is 14.6 Å². The van der Waals surface area contributed by atoms with E-state index < -0.39 is 17.5 Å². The molecule has 1 N–H and O–H groups in total. The van der Waals surface area contributed by atoms with Crippen LogP contribution in [0.3, 0.4) is 0 Å². The number of rotatable bonds is 8. The van der Waals surface area contributed by atoms with Crippen LogP contribution < -0.4 is 0 Å². The minimum Gasteiger partial charge on any atom is -0.478 e. The molecule has 126 valence electrons. The Morgan fingerprint density at radius 2 is 1.38 bits per heavy atom. The normalized spacial score (nSPS) is 11.0. The van der Waals surface area contributed by atoms with Gasteiger partial charge in [0, 0.05) is 20.0 Å². The zero-order chi connectivity index (χ0) is 17.4. The Balaban J connectivity index is 2.35. The predicted octanol–water partition coefficient (Wildman–Crippen LogP) is 2.48. The zero-order valence-electron chi connectivity index (χ0n) is 13.5. The Morgan fingerprint density at radius 1 is 0.917 bits per heavy atom. The van der Waals surface area contributed by atoms with Crippen molar-refractivity contribution < 1.29 is 24.2 Å². The molecule has 0 saturated carbocycles. The van der Waals surface area contributed by atoms with Crippen molar-refractivity contribution in [2.75, 3.05) is 13.7 Å². The molecule has 0 unspecified atom stereocenters. The molecule has 0 heterocycles.